The molecule has 144 valence electrons. The Bertz CT molecular complexity index is 297. The van der Waals surface area contributed by atoms with E-state index in [9.17, 15) is 0 Å². The van der Waals surface area contributed by atoms with Crippen LogP contribution in [0.5, 0.6) is 0 Å². The average Bonchev–Trinajstić information content (AvgIpc) is 2.60. The second-order valence-electron chi connectivity index (χ2n) is 8.04. The Balaban J connectivity index is 5.01. The minimum absolute atomic E-state index is 0.108. The Hall–Kier alpha value is 0.716. The van der Waals surface area contributed by atoms with Gasteiger partial charge in [0.25, 0.3) is 0 Å². The number of hydrogen-bond acceptors (Lipinski definition) is 1. The van der Waals surface area contributed by atoms with E-state index in [4.69, 9.17) is 4.43 Å². The van der Waals surface area contributed by atoms with E-state index in [1.807, 2.05) is 0 Å². The summed E-state index contributed by atoms with van der Waals surface area (Å²) in [4.78, 5) is 0. The quantitative estimate of drug-likeness (QED) is 0.236. The van der Waals surface area contributed by atoms with E-state index in [1.54, 1.807) is 13.3 Å². The summed E-state index contributed by atoms with van der Waals surface area (Å²) in [6.07, 6.45) is 16.0. The van der Waals surface area contributed by atoms with Crippen molar-refractivity contribution in [2.75, 3.05) is 0 Å². The molecule has 0 heterocycles. The summed E-state index contributed by atoms with van der Waals surface area (Å²) in [7, 11) is 0.859. The van der Waals surface area contributed by atoms with Crippen LogP contribution in [-0.4, -0.2) is 34.5 Å². The van der Waals surface area contributed by atoms with Crippen molar-refractivity contribution < 1.29 is 4.43 Å². The summed E-state index contributed by atoms with van der Waals surface area (Å²) in [6.45, 7) is 11.7. The zero-order chi connectivity index (χ0) is 18.3. The Kier molecular flexibility index (Phi) is 15.3. The molecule has 3 heteroatoms. The third-order valence-corrected chi connectivity index (χ3v) is 20.9. The molecular weight excluding hydrogens is 415 g/mol. The Morgan fingerprint density at radius 1 is 0.833 bits per heavy atom. The van der Waals surface area contributed by atoms with Gasteiger partial charge >= 0.3 is 161 Å². The fourth-order valence-electron chi connectivity index (χ4n) is 3.61. The Morgan fingerprint density at radius 2 is 1.29 bits per heavy atom. The molecule has 24 heavy (non-hydrogen) atoms. The minimum atomic E-state index is -2.08. The van der Waals surface area contributed by atoms with Crippen LogP contribution < -0.4 is 0 Å². The molecular formula is C21H46OSiSn. The molecule has 0 aromatic heterocycles. The molecule has 0 rings (SSSR count). The van der Waals surface area contributed by atoms with Crippen LogP contribution in [0.25, 0.3) is 0 Å². The molecule has 0 fully saturated rings. The van der Waals surface area contributed by atoms with Crippen molar-refractivity contribution in [3.05, 3.63) is 10.2 Å². The zero-order valence-electron chi connectivity index (χ0n) is 17.8. The monoisotopic (exact) mass is 462 g/mol. The maximum atomic E-state index is 6.01. The number of rotatable bonds is 16. The number of hydrogen-bond donors (Lipinski definition) is 0. The molecule has 0 aliphatic rings. The summed E-state index contributed by atoms with van der Waals surface area (Å²) in [5.74, 6) is 0. The topological polar surface area (TPSA) is 9.23 Å². The molecule has 0 aliphatic heterocycles. The van der Waals surface area contributed by atoms with Gasteiger partial charge in [0, 0.05) is 0 Å². The van der Waals surface area contributed by atoms with Crippen molar-refractivity contribution >= 4 is 28.9 Å². The first kappa shape index (κ1) is 24.7. The predicted molar refractivity (Wildman–Crippen MR) is 118 cm³/mol. The molecule has 0 aromatic carbocycles. The third-order valence-electron chi connectivity index (χ3n) is 5.66. The fraction of sp³-hybridized carbons (Fsp3) is 0.905. The van der Waals surface area contributed by atoms with Crippen LogP contribution in [0.3, 0.4) is 0 Å². The molecule has 0 amide bonds. The molecule has 0 saturated heterocycles. The average molecular weight is 461 g/mol. The first-order chi connectivity index (χ1) is 11.5. The molecule has 0 unspecified atom stereocenters. The molecule has 1 atom stereocenters. The maximum absolute atomic E-state index is 6.01. The molecule has 0 bridgehead atoms. The van der Waals surface area contributed by atoms with E-state index < -0.39 is 18.4 Å². The standard InChI is InChI=1S/C9H19OSi.3C4H9.Sn/c1-4-6-8-9(3,10-11)7-5-2;3*1-3-4-2;/h2,5H,4,6-8H2,1,3,11H3;3*1,3-4H2,2H3;/t9-;;;;/m1..../s1. The van der Waals surface area contributed by atoms with Crippen molar-refractivity contribution in [3.8, 4) is 0 Å². The second-order valence-corrected chi connectivity index (χ2v) is 21.5. The van der Waals surface area contributed by atoms with Crippen LogP contribution in [0.15, 0.2) is 10.2 Å². The SMILES string of the molecule is CCCC[C@@](C)(C/C=[CH]/[Sn]([CH2]CCC)([CH2]CCC)[CH2]CCC)O[SiH3]. The molecule has 1 nitrogen and oxygen atoms in total. The van der Waals surface area contributed by atoms with Crippen molar-refractivity contribution in [1.29, 1.82) is 0 Å². The van der Waals surface area contributed by atoms with Crippen LogP contribution in [-0.2, 0) is 4.43 Å². The molecule has 0 saturated carbocycles. The van der Waals surface area contributed by atoms with E-state index in [2.05, 4.69) is 44.8 Å². The molecule has 0 N–H and O–H groups in total. The first-order valence-corrected chi connectivity index (χ1v) is 19.3. The van der Waals surface area contributed by atoms with Gasteiger partial charge in [0.15, 0.2) is 0 Å². The fourth-order valence-corrected chi connectivity index (χ4v) is 18.4. The predicted octanol–water partition coefficient (Wildman–Crippen LogP) is 6.57. The summed E-state index contributed by atoms with van der Waals surface area (Å²) in [5.41, 5.74) is 0.108. The van der Waals surface area contributed by atoms with Crippen molar-refractivity contribution in [1.82, 2.24) is 0 Å². The summed E-state index contributed by atoms with van der Waals surface area (Å²) < 4.78 is 13.6. The van der Waals surface area contributed by atoms with Crippen molar-refractivity contribution in [3.63, 3.8) is 0 Å². The van der Waals surface area contributed by atoms with Gasteiger partial charge in [-0.2, -0.15) is 0 Å². The van der Waals surface area contributed by atoms with Crippen LogP contribution in [0, 0.1) is 0 Å². The van der Waals surface area contributed by atoms with Gasteiger partial charge in [-0.15, -0.1) is 0 Å². The van der Waals surface area contributed by atoms with Crippen LogP contribution in [0.4, 0.5) is 0 Å². The van der Waals surface area contributed by atoms with E-state index in [1.165, 1.54) is 57.8 Å². The van der Waals surface area contributed by atoms with Crippen molar-refractivity contribution in [2.45, 2.75) is 118 Å². The van der Waals surface area contributed by atoms with Crippen LogP contribution >= 0.6 is 0 Å². The van der Waals surface area contributed by atoms with Gasteiger partial charge in [0.05, 0.1) is 0 Å². The number of unbranched alkanes of at least 4 members (excludes halogenated alkanes) is 4. The van der Waals surface area contributed by atoms with Crippen molar-refractivity contribution in [2.24, 2.45) is 0 Å². The van der Waals surface area contributed by atoms with E-state index >= 15 is 0 Å². The Labute approximate surface area is 160 Å². The molecule has 0 aromatic rings. The Morgan fingerprint density at radius 3 is 1.67 bits per heavy atom. The molecule has 0 aliphatic carbocycles. The summed E-state index contributed by atoms with van der Waals surface area (Å²) in [6, 6.07) is 0. The first-order valence-electron chi connectivity index (χ1n) is 10.7. The normalized spacial score (nSPS) is 15.2. The summed E-state index contributed by atoms with van der Waals surface area (Å²) >= 11 is -2.08. The van der Waals surface area contributed by atoms with Gasteiger partial charge < -0.3 is 0 Å². The van der Waals surface area contributed by atoms with Gasteiger partial charge in [-0.1, -0.05) is 0 Å². The zero-order valence-corrected chi connectivity index (χ0v) is 22.6. The van der Waals surface area contributed by atoms with E-state index in [-0.39, 0.29) is 5.60 Å². The summed E-state index contributed by atoms with van der Waals surface area (Å²) in [5, 5.41) is 0. The van der Waals surface area contributed by atoms with Crippen LogP contribution in [0.2, 0.25) is 13.3 Å². The van der Waals surface area contributed by atoms with Gasteiger partial charge in [0.1, 0.15) is 0 Å². The molecule has 0 radical (unpaired) electrons. The van der Waals surface area contributed by atoms with E-state index in [0.717, 1.165) is 16.9 Å². The van der Waals surface area contributed by atoms with Gasteiger partial charge in [-0.25, -0.2) is 0 Å². The van der Waals surface area contributed by atoms with Gasteiger partial charge in [-0.05, 0) is 0 Å². The second kappa shape index (κ2) is 14.8. The third kappa shape index (κ3) is 10.6. The molecule has 0 spiro atoms. The van der Waals surface area contributed by atoms with Gasteiger partial charge in [0.2, 0.25) is 0 Å². The van der Waals surface area contributed by atoms with Gasteiger partial charge in [-0.3, -0.25) is 0 Å². The van der Waals surface area contributed by atoms with E-state index in [0.29, 0.717) is 0 Å². The van der Waals surface area contributed by atoms with Crippen LogP contribution in [0.1, 0.15) is 98.8 Å².